The molecule has 0 atom stereocenters. The molecule has 0 saturated carbocycles. The number of rotatable bonds is 2. The van der Waals surface area contributed by atoms with Gasteiger partial charge in [-0.15, -0.1) is 0 Å². The molecule has 3 heteroatoms. The van der Waals surface area contributed by atoms with E-state index in [1.54, 1.807) is 0 Å². The van der Waals surface area contributed by atoms with Crippen LogP contribution in [-0.4, -0.2) is 12.4 Å². The first kappa shape index (κ1) is 12.2. The van der Waals surface area contributed by atoms with Crippen molar-refractivity contribution in [3.05, 3.63) is 34.7 Å². The Morgan fingerprint density at radius 3 is 2.76 bits per heavy atom. The average Bonchev–Trinajstić information content (AvgIpc) is 2.46. The summed E-state index contributed by atoms with van der Waals surface area (Å²) in [6, 6.07) is 8.38. The van der Waals surface area contributed by atoms with Gasteiger partial charge in [-0.2, -0.15) is 0 Å². The number of thioether (sulfide) groups is 1. The predicted octanol–water partition coefficient (Wildman–Crippen LogP) is 4.31. The van der Waals surface area contributed by atoms with Gasteiger partial charge < -0.3 is 5.32 Å². The highest BCUT2D eigenvalue weighted by molar-refractivity contribution is 8.03. The number of hydrogen-bond acceptors (Lipinski definition) is 2. The first-order valence-electron chi connectivity index (χ1n) is 5.98. The summed E-state index contributed by atoms with van der Waals surface area (Å²) in [5.41, 5.74) is 2.41. The van der Waals surface area contributed by atoms with E-state index in [4.69, 9.17) is 0 Å². The molecule has 1 aliphatic heterocycles. The normalized spacial score (nSPS) is 17.7. The van der Waals surface area contributed by atoms with Crippen LogP contribution in [0.2, 0.25) is 0 Å². The molecule has 0 amide bonds. The van der Waals surface area contributed by atoms with Gasteiger partial charge in [-0.05, 0) is 37.3 Å². The summed E-state index contributed by atoms with van der Waals surface area (Å²) in [5, 5.41) is 3.45. The third kappa shape index (κ3) is 2.72. The number of nitrogens with zero attached hydrogens (tertiary/aromatic N) is 1. The molecule has 0 spiro atoms. The Kier molecular flexibility index (Phi) is 3.89. The zero-order chi connectivity index (χ0) is 12.3. The van der Waals surface area contributed by atoms with E-state index in [-0.39, 0.29) is 0 Å². The van der Waals surface area contributed by atoms with Crippen molar-refractivity contribution in [2.75, 3.05) is 11.9 Å². The van der Waals surface area contributed by atoms with Crippen LogP contribution in [-0.2, 0) is 0 Å². The van der Waals surface area contributed by atoms with Crippen LogP contribution in [0.3, 0.4) is 0 Å². The van der Waals surface area contributed by atoms with Crippen molar-refractivity contribution in [2.24, 2.45) is 4.99 Å². The minimum absolute atomic E-state index is 0.875. The van der Waals surface area contributed by atoms with Gasteiger partial charge in [-0.1, -0.05) is 30.8 Å². The molecular weight excluding hydrogens is 228 g/mol. The molecule has 0 saturated heterocycles. The molecule has 0 bridgehead atoms. The number of amidine groups is 1. The van der Waals surface area contributed by atoms with Crippen molar-refractivity contribution < 1.29 is 0 Å². The van der Waals surface area contributed by atoms with Crippen LogP contribution in [0.1, 0.15) is 27.2 Å². The van der Waals surface area contributed by atoms with Crippen LogP contribution >= 0.6 is 11.8 Å². The molecule has 1 aromatic rings. The van der Waals surface area contributed by atoms with E-state index in [0.29, 0.717) is 0 Å². The summed E-state index contributed by atoms with van der Waals surface area (Å²) in [5.74, 6) is 1.02. The summed E-state index contributed by atoms with van der Waals surface area (Å²) in [6.07, 6.45) is 1.08. The fourth-order valence-electron chi connectivity index (χ4n) is 1.67. The molecule has 0 radical (unpaired) electrons. The largest absolute Gasteiger partial charge is 0.339 e. The van der Waals surface area contributed by atoms with Gasteiger partial charge in [0.05, 0.1) is 5.69 Å². The lowest BCUT2D eigenvalue weighted by Crippen LogP contribution is -2.14. The summed E-state index contributed by atoms with van der Waals surface area (Å²) in [6.45, 7) is 7.32. The van der Waals surface area contributed by atoms with E-state index in [0.717, 1.165) is 24.5 Å². The van der Waals surface area contributed by atoms with Gasteiger partial charge in [-0.25, -0.2) is 0 Å². The van der Waals surface area contributed by atoms with Gasteiger partial charge in [0.25, 0.3) is 0 Å². The van der Waals surface area contributed by atoms with Gasteiger partial charge in [0.2, 0.25) is 0 Å². The average molecular weight is 246 g/mol. The van der Waals surface area contributed by atoms with E-state index in [1.165, 1.54) is 15.4 Å². The molecule has 17 heavy (non-hydrogen) atoms. The molecule has 1 aromatic carbocycles. The van der Waals surface area contributed by atoms with Crippen molar-refractivity contribution >= 4 is 23.3 Å². The third-order valence-electron chi connectivity index (χ3n) is 2.78. The molecule has 0 fully saturated rings. The van der Waals surface area contributed by atoms with Crippen LogP contribution in [0.25, 0.3) is 0 Å². The maximum atomic E-state index is 4.63. The van der Waals surface area contributed by atoms with Crippen molar-refractivity contribution in [3.8, 4) is 0 Å². The van der Waals surface area contributed by atoms with Crippen molar-refractivity contribution in [1.29, 1.82) is 0 Å². The number of aliphatic imine (C=N–C) groups is 1. The van der Waals surface area contributed by atoms with E-state index >= 15 is 0 Å². The van der Waals surface area contributed by atoms with Crippen LogP contribution < -0.4 is 5.32 Å². The molecule has 2 nitrogen and oxygen atoms in total. The quantitative estimate of drug-likeness (QED) is 0.841. The minimum atomic E-state index is 0.875. The predicted molar refractivity (Wildman–Crippen MR) is 76.9 cm³/mol. The number of hydrogen-bond donors (Lipinski definition) is 1. The second-order valence-electron chi connectivity index (χ2n) is 4.13. The monoisotopic (exact) mass is 246 g/mol. The van der Waals surface area contributed by atoms with E-state index in [2.05, 4.69) is 55.3 Å². The highest BCUT2D eigenvalue weighted by Gasteiger charge is 2.15. The molecule has 2 rings (SSSR count). The van der Waals surface area contributed by atoms with Gasteiger partial charge in [0.15, 0.2) is 0 Å². The smallest absolute Gasteiger partial charge is 0.129 e. The molecule has 1 heterocycles. The maximum Gasteiger partial charge on any atom is 0.129 e. The van der Waals surface area contributed by atoms with Crippen molar-refractivity contribution in [2.45, 2.75) is 32.1 Å². The van der Waals surface area contributed by atoms with Crippen molar-refractivity contribution in [3.63, 3.8) is 0 Å². The van der Waals surface area contributed by atoms with Crippen LogP contribution in [0, 0.1) is 0 Å². The second-order valence-corrected chi connectivity index (χ2v) is 5.39. The van der Waals surface area contributed by atoms with Gasteiger partial charge in [-0.3, -0.25) is 4.99 Å². The minimum Gasteiger partial charge on any atom is -0.339 e. The van der Waals surface area contributed by atoms with Gasteiger partial charge in [0, 0.05) is 17.0 Å². The number of para-hydroxylation sites is 1. The fraction of sp³-hybridized carbons (Fsp3) is 0.357. The Morgan fingerprint density at radius 2 is 2.00 bits per heavy atom. The number of nitrogens with one attached hydrogen (secondary N) is 1. The first-order chi connectivity index (χ1) is 8.22. The SMILES string of the molecule is CCCN=C1Nc2ccccc2SC(C)=C1C. The molecule has 90 valence electrons. The second kappa shape index (κ2) is 5.41. The first-order valence-corrected chi connectivity index (χ1v) is 6.80. The van der Waals surface area contributed by atoms with Crippen LogP contribution in [0.15, 0.2) is 44.6 Å². The Bertz CT molecular complexity index is 475. The lowest BCUT2D eigenvalue weighted by Gasteiger charge is -2.09. The fourth-order valence-corrected chi connectivity index (χ4v) is 2.63. The lowest BCUT2D eigenvalue weighted by molar-refractivity contribution is 0.931. The number of benzene rings is 1. The number of anilines is 1. The van der Waals surface area contributed by atoms with E-state index < -0.39 is 0 Å². The van der Waals surface area contributed by atoms with Crippen LogP contribution in [0.5, 0.6) is 0 Å². The zero-order valence-corrected chi connectivity index (χ0v) is 11.4. The molecule has 0 unspecified atom stereocenters. The molecular formula is C14H18N2S. The summed E-state index contributed by atoms with van der Waals surface area (Å²) in [7, 11) is 0. The maximum absolute atomic E-state index is 4.63. The Balaban J connectivity index is 2.40. The summed E-state index contributed by atoms with van der Waals surface area (Å²) >= 11 is 1.81. The van der Waals surface area contributed by atoms with Gasteiger partial charge in [0.1, 0.15) is 5.84 Å². The molecule has 1 aliphatic rings. The number of allylic oxidation sites excluding steroid dienone is 1. The van der Waals surface area contributed by atoms with Gasteiger partial charge >= 0.3 is 0 Å². The highest BCUT2D eigenvalue weighted by Crippen LogP contribution is 2.37. The number of fused-ring (bicyclic) bond motifs is 1. The topological polar surface area (TPSA) is 24.4 Å². The standard InChI is InChI=1S/C14H18N2S/c1-4-9-15-14-10(2)11(3)17-13-8-6-5-7-12(13)16-14/h5-8H,4,9H2,1-3H3,(H,15,16). The Hall–Kier alpha value is -1.22. The zero-order valence-electron chi connectivity index (χ0n) is 10.6. The van der Waals surface area contributed by atoms with Crippen LogP contribution in [0.4, 0.5) is 5.69 Å². The van der Waals surface area contributed by atoms with Crippen molar-refractivity contribution in [1.82, 2.24) is 0 Å². The molecule has 1 N–H and O–H groups in total. The Morgan fingerprint density at radius 1 is 1.24 bits per heavy atom. The molecule has 0 aliphatic carbocycles. The lowest BCUT2D eigenvalue weighted by atomic mass is 10.2. The third-order valence-corrected chi connectivity index (χ3v) is 3.97. The molecule has 0 aromatic heterocycles. The summed E-state index contributed by atoms with van der Waals surface area (Å²) < 4.78 is 0. The summed E-state index contributed by atoms with van der Waals surface area (Å²) in [4.78, 5) is 7.21. The van der Waals surface area contributed by atoms with E-state index in [9.17, 15) is 0 Å². The van der Waals surface area contributed by atoms with E-state index in [1.807, 2.05) is 11.8 Å². The highest BCUT2D eigenvalue weighted by atomic mass is 32.2. The Labute approximate surface area is 107 Å².